The van der Waals surface area contributed by atoms with Gasteiger partial charge in [-0.25, -0.2) is 0 Å². The van der Waals surface area contributed by atoms with Gasteiger partial charge in [0.2, 0.25) is 5.91 Å². The summed E-state index contributed by atoms with van der Waals surface area (Å²) in [6, 6.07) is 7.32. The number of aryl methyl sites for hydroxylation is 1. The Bertz CT molecular complexity index is 896. The smallest absolute Gasteiger partial charge is 0.249 e. The molecule has 1 aliphatic rings. The molecule has 0 saturated carbocycles. The summed E-state index contributed by atoms with van der Waals surface area (Å²) in [4.78, 5) is 37.1. The number of carbonyl (C=O) groups excluding carboxylic acids is 3. The Balaban J connectivity index is 2.35. The molecule has 0 heterocycles. The van der Waals surface area contributed by atoms with E-state index in [1.54, 1.807) is 26.8 Å². The Morgan fingerprint density at radius 3 is 2.25 bits per heavy atom. The molecule has 3 N–H and O–H groups in total. The van der Waals surface area contributed by atoms with Crippen molar-refractivity contribution in [2.45, 2.75) is 52.6 Å². The van der Waals surface area contributed by atoms with Crippen molar-refractivity contribution in [3.63, 3.8) is 0 Å². The van der Waals surface area contributed by atoms with E-state index in [-0.39, 0.29) is 18.0 Å². The molecule has 0 saturated heterocycles. The normalized spacial score (nSPS) is 18.4. The van der Waals surface area contributed by atoms with E-state index in [2.05, 4.69) is 0 Å². The predicted octanol–water partition coefficient (Wildman–Crippen LogP) is 3.32. The summed E-state index contributed by atoms with van der Waals surface area (Å²) in [5.41, 5.74) is 5.99. The number of hydrogen-bond acceptors (Lipinski definition) is 4. The fourth-order valence-corrected chi connectivity index (χ4v) is 3.69. The van der Waals surface area contributed by atoms with Crippen molar-refractivity contribution >= 4 is 29.1 Å². The zero-order chi connectivity index (χ0) is 21.2. The first kappa shape index (κ1) is 22.1. The van der Waals surface area contributed by atoms with Gasteiger partial charge in [0.05, 0.1) is 0 Å². The number of halogens is 1. The lowest BCUT2D eigenvalue weighted by molar-refractivity contribution is -0.140. The van der Waals surface area contributed by atoms with Gasteiger partial charge in [-0.3, -0.25) is 14.4 Å². The van der Waals surface area contributed by atoms with Crippen LogP contribution in [0.1, 0.15) is 46.1 Å². The third kappa shape index (κ3) is 4.26. The molecule has 0 radical (unpaired) electrons. The van der Waals surface area contributed by atoms with Crippen LogP contribution < -0.4 is 5.73 Å². The number of nitrogens with two attached hydrogens (primary N) is 1. The Morgan fingerprint density at radius 1 is 1.11 bits per heavy atom. The first-order chi connectivity index (χ1) is 13.0. The maximum atomic E-state index is 12.8. The molecular weight excluding hydrogens is 378 g/mol. The maximum Gasteiger partial charge on any atom is 0.249 e. The first-order valence-corrected chi connectivity index (χ1v) is 9.58. The number of ketones is 2. The monoisotopic (exact) mass is 403 g/mol. The van der Waals surface area contributed by atoms with E-state index < -0.39 is 17.4 Å². The van der Waals surface area contributed by atoms with Gasteiger partial charge in [0.15, 0.2) is 11.6 Å². The molecule has 6 heteroatoms. The highest BCUT2D eigenvalue weighted by molar-refractivity contribution is 6.31. The minimum absolute atomic E-state index is 0.0847. The molecule has 1 aromatic carbocycles. The molecule has 0 aliphatic heterocycles. The number of carbonyl (C=O) groups is 3. The van der Waals surface area contributed by atoms with Crippen LogP contribution in [0.5, 0.6) is 0 Å². The number of Topliss-reactive ketones (excluding diaryl/α,β-unsaturated/α-hetero) is 2. The third-order valence-electron chi connectivity index (χ3n) is 5.78. The van der Waals surface area contributed by atoms with Crippen LogP contribution in [-0.4, -0.2) is 28.2 Å². The van der Waals surface area contributed by atoms with Crippen molar-refractivity contribution in [2.75, 3.05) is 0 Å². The Hall–Kier alpha value is -2.24. The lowest BCUT2D eigenvalue weighted by atomic mass is 9.75. The summed E-state index contributed by atoms with van der Waals surface area (Å²) in [5.74, 6) is -1.92. The fraction of sp³-hybridized carbons (Fsp3) is 0.409. The van der Waals surface area contributed by atoms with Gasteiger partial charge in [-0.1, -0.05) is 29.8 Å². The molecule has 0 fully saturated rings. The van der Waals surface area contributed by atoms with E-state index in [1.165, 1.54) is 6.92 Å². The first-order valence-electron chi connectivity index (χ1n) is 9.20. The van der Waals surface area contributed by atoms with Crippen LogP contribution in [0.3, 0.4) is 0 Å². The summed E-state index contributed by atoms with van der Waals surface area (Å²) < 4.78 is 0. The highest BCUT2D eigenvalue weighted by atomic mass is 35.5. The average molecular weight is 404 g/mol. The number of amides is 1. The minimum Gasteiger partial charge on any atom is -0.380 e. The topological polar surface area (TPSA) is 97.5 Å². The molecule has 2 unspecified atom stereocenters. The quantitative estimate of drug-likeness (QED) is 0.682. The summed E-state index contributed by atoms with van der Waals surface area (Å²) in [6.07, 6.45) is 0.956. The van der Waals surface area contributed by atoms with Gasteiger partial charge in [0, 0.05) is 33.2 Å². The molecule has 0 spiro atoms. The number of primary amides is 1. The van der Waals surface area contributed by atoms with Crippen molar-refractivity contribution in [2.24, 2.45) is 11.7 Å². The van der Waals surface area contributed by atoms with E-state index in [0.717, 1.165) is 5.56 Å². The van der Waals surface area contributed by atoms with Gasteiger partial charge in [-0.2, -0.15) is 0 Å². The third-order valence-corrected chi connectivity index (χ3v) is 6.14. The fourth-order valence-electron chi connectivity index (χ4n) is 3.46. The van der Waals surface area contributed by atoms with Crippen molar-refractivity contribution in [1.29, 1.82) is 0 Å². The summed E-state index contributed by atoms with van der Waals surface area (Å²) >= 11 is 6.21. The maximum absolute atomic E-state index is 12.8. The van der Waals surface area contributed by atoms with E-state index >= 15 is 0 Å². The number of benzene rings is 1. The SMILES string of the molecule is CC1=C(C)C(=O)C(CC(CCc2ccccc2Cl)C(C)(O)C(N)=O)=C(C)C1=O. The predicted molar refractivity (Wildman–Crippen MR) is 109 cm³/mol. The van der Waals surface area contributed by atoms with Crippen LogP contribution in [0.4, 0.5) is 0 Å². The van der Waals surface area contributed by atoms with Gasteiger partial charge in [0.25, 0.3) is 0 Å². The largest absolute Gasteiger partial charge is 0.380 e. The zero-order valence-corrected chi connectivity index (χ0v) is 17.4. The Morgan fingerprint density at radius 2 is 1.68 bits per heavy atom. The Kier molecular flexibility index (Phi) is 6.63. The van der Waals surface area contributed by atoms with Gasteiger partial charge in [-0.15, -0.1) is 0 Å². The summed E-state index contributed by atoms with van der Waals surface area (Å²) in [5, 5.41) is 11.3. The van der Waals surface area contributed by atoms with Crippen molar-refractivity contribution in [3.05, 3.63) is 57.1 Å². The molecule has 2 rings (SSSR count). The second kappa shape index (κ2) is 8.41. The standard InChI is InChI=1S/C22H26ClNO4/c1-12-13(2)20(26)17(14(3)19(12)25)11-16(22(4,28)21(24)27)10-9-15-7-5-6-8-18(15)23/h5-8,16,28H,9-11H2,1-4H3,(H2,24,27). The number of aliphatic hydroxyl groups is 1. The lowest BCUT2D eigenvalue weighted by Gasteiger charge is -2.32. The zero-order valence-electron chi connectivity index (χ0n) is 16.6. The highest BCUT2D eigenvalue weighted by Crippen LogP contribution is 2.35. The van der Waals surface area contributed by atoms with Gasteiger partial charge in [-0.05, 0) is 58.6 Å². The van der Waals surface area contributed by atoms with E-state index in [1.807, 2.05) is 18.2 Å². The van der Waals surface area contributed by atoms with Crippen LogP contribution in [0.15, 0.2) is 46.6 Å². The summed E-state index contributed by atoms with van der Waals surface area (Å²) in [6.45, 7) is 6.21. The molecule has 0 bridgehead atoms. The van der Waals surface area contributed by atoms with Crippen molar-refractivity contribution < 1.29 is 19.5 Å². The van der Waals surface area contributed by atoms with Crippen molar-refractivity contribution in [3.8, 4) is 0 Å². The van der Waals surface area contributed by atoms with Gasteiger partial charge in [0.1, 0.15) is 5.60 Å². The molecule has 1 aliphatic carbocycles. The molecule has 0 aromatic heterocycles. The molecule has 5 nitrogen and oxygen atoms in total. The molecule has 28 heavy (non-hydrogen) atoms. The lowest BCUT2D eigenvalue weighted by Crippen LogP contribution is -2.48. The average Bonchev–Trinajstić information content (AvgIpc) is 2.65. The number of allylic oxidation sites excluding steroid dienone is 4. The Labute approximate surface area is 170 Å². The minimum atomic E-state index is -1.83. The van der Waals surface area contributed by atoms with Gasteiger partial charge < -0.3 is 10.8 Å². The second-order valence-electron chi connectivity index (χ2n) is 7.55. The van der Waals surface area contributed by atoms with E-state index in [4.69, 9.17) is 17.3 Å². The van der Waals surface area contributed by atoms with E-state index in [0.29, 0.717) is 40.2 Å². The molecule has 2 atom stereocenters. The van der Waals surface area contributed by atoms with Crippen molar-refractivity contribution in [1.82, 2.24) is 0 Å². The van der Waals surface area contributed by atoms with Crippen LogP contribution in [-0.2, 0) is 20.8 Å². The second-order valence-corrected chi connectivity index (χ2v) is 7.96. The van der Waals surface area contributed by atoms with Gasteiger partial charge >= 0.3 is 0 Å². The molecule has 1 aromatic rings. The van der Waals surface area contributed by atoms with Crippen LogP contribution in [0.2, 0.25) is 5.02 Å². The molecular formula is C22H26ClNO4. The van der Waals surface area contributed by atoms with Crippen LogP contribution >= 0.6 is 11.6 Å². The molecule has 1 amide bonds. The van der Waals surface area contributed by atoms with Crippen LogP contribution in [0, 0.1) is 5.92 Å². The number of hydrogen-bond donors (Lipinski definition) is 2. The number of rotatable bonds is 7. The van der Waals surface area contributed by atoms with Crippen LogP contribution in [0.25, 0.3) is 0 Å². The highest BCUT2D eigenvalue weighted by Gasteiger charge is 2.40. The molecule has 150 valence electrons. The van der Waals surface area contributed by atoms with E-state index in [9.17, 15) is 19.5 Å². The summed E-state index contributed by atoms with van der Waals surface area (Å²) in [7, 11) is 0.